The van der Waals surface area contributed by atoms with Crippen molar-refractivity contribution < 1.29 is 37.4 Å². The first kappa shape index (κ1) is 28.6. The maximum Gasteiger partial charge on any atom is 0.459 e. The summed E-state index contributed by atoms with van der Waals surface area (Å²) >= 11 is 0. The molecule has 0 bridgehead atoms. The van der Waals surface area contributed by atoms with Gasteiger partial charge in [0.05, 0.1) is 19.5 Å². The molecule has 3 heterocycles. The summed E-state index contributed by atoms with van der Waals surface area (Å²) in [5, 5.41) is 16.2. The number of para-hydroxylation sites is 1. The molecule has 4 rings (SSSR count). The summed E-state index contributed by atoms with van der Waals surface area (Å²) in [4.78, 5) is 24.6. The molecule has 0 spiro atoms. The van der Waals surface area contributed by atoms with Crippen molar-refractivity contribution >= 4 is 36.6 Å². The molecule has 1 aliphatic heterocycles. The lowest BCUT2D eigenvalue weighted by atomic mass is 9.98. The van der Waals surface area contributed by atoms with Crippen molar-refractivity contribution in [2.24, 2.45) is 0 Å². The van der Waals surface area contributed by atoms with Crippen LogP contribution in [0.15, 0.2) is 36.7 Å². The van der Waals surface area contributed by atoms with E-state index in [4.69, 9.17) is 24.3 Å². The monoisotopic (exact) mass is 567 g/mol. The van der Waals surface area contributed by atoms with E-state index in [0.29, 0.717) is 11.3 Å². The highest BCUT2D eigenvalue weighted by Gasteiger charge is 2.56. The topological polar surface area (TPSA) is 185 Å². The lowest BCUT2D eigenvalue weighted by molar-refractivity contribution is -0.144. The average molecular weight is 568 g/mol. The first-order valence-corrected chi connectivity index (χ1v) is 13.7. The number of carbonyl (C=O) groups is 1. The molecule has 212 valence electrons. The second-order valence-corrected chi connectivity index (χ2v) is 10.6. The van der Waals surface area contributed by atoms with Gasteiger partial charge in [-0.15, -0.1) is 0 Å². The van der Waals surface area contributed by atoms with Crippen molar-refractivity contribution in [2.75, 3.05) is 31.3 Å². The van der Waals surface area contributed by atoms with Crippen LogP contribution < -0.4 is 20.7 Å². The van der Waals surface area contributed by atoms with Crippen molar-refractivity contribution in [3.8, 4) is 5.75 Å². The number of benzene rings is 1. The van der Waals surface area contributed by atoms with E-state index in [1.165, 1.54) is 17.8 Å². The summed E-state index contributed by atoms with van der Waals surface area (Å²) in [6.07, 6.45) is -3.11. The normalized spacial score (nSPS) is 25.2. The van der Waals surface area contributed by atoms with Crippen molar-refractivity contribution in [1.82, 2.24) is 24.6 Å². The Balaban J connectivity index is 1.57. The fourth-order valence-corrected chi connectivity index (χ4v) is 5.57. The van der Waals surface area contributed by atoms with E-state index in [9.17, 15) is 14.5 Å². The third-order valence-corrected chi connectivity index (χ3v) is 7.66. The quantitative estimate of drug-likeness (QED) is 0.195. The predicted molar refractivity (Wildman–Crippen MR) is 139 cm³/mol. The second-order valence-electron chi connectivity index (χ2n) is 8.93. The summed E-state index contributed by atoms with van der Waals surface area (Å²) in [5.74, 6) is -0.238. The van der Waals surface area contributed by atoms with Gasteiger partial charge in [-0.05, 0) is 32.9 Å². The van der Waals surface area contributed by atoms with Gasteiger partial charge >= 0.3 is 13.7 Å². The standard InChI is InChI=1S/C23H31FN7O7P/c1-5-35-20(33)13(2)30-39(34,38-14-9-7-6-8-10-14)36-11-15-17(32)23(3,24)21(37-15)31-12-27-16-18(26-4)28-22(25)29-19(16)31/h6-10,12-13,15,17,21,32H,5,11H2,1-4H3,(H,30,34)(H3,25,26,28,29)/t13-,15-,17-,21-,23-,39-/m1/s1. The molecule has 14 nitrogen and oxygen atoms in total. The number of anilines is 2. The van der Waals surface area contributed by atoms with Crippen LogP contribution in [0, 0.1) is 0 Å². The molecule has 1 aromatic carbocycles. The first-order chi connectivity index (χ1) is 18.5. The van der Waals surface area contributed by atoms with Gasteiger partial charge in [0, 0.05) is 7.05 Å². The number of rotatable bonds is 11. The molecule has 39 heavy (non-hydrogen) atoms. The van der Waals surface area contributed by atoms with Crippen molar-refractivity contribution in [2.45, 2.75) is 50.9 Å². The minimum atomic E-state index is -4.26. The van der Waals surface area contributed by atoms with Gasteiger partial charge < -0.3 is 30.2 Å². The number of nitrogens with zero attached hydrogens (tertiary/aromatic N) is 4. The molecule has 0 saturated carbocycles. The molecule has 0 radical (unpaired) electrons. The van der Waals surface area contributed by atoms with Crippen LogP contribution in [0.5, 0.6) is 5.75 Å². The highest BCUT2D eigenvalue weighted by atomic mass is 31.2. The Morgan fingerprint density at radius 2 is 2.08 bits per heavy atom. The zero-order valence-electron chi connectivity index (χ0n) is 21.8. The van der Waals surface area contributed by atoms with E-state index in [1.807, 2.05) is 0 Å². The first-order valence-electron chi connectivity index (χ1n) is 12.1. The molecule has 0 amide bonds. The number of hydrogen-bond donors (Lipinski definition) is 4. The van der Waals surface area contributed by atoms with E-state index in [2.05, 4.69) is 25.4 Å². The third kappa shape index (κ3) is 5.97. The SMILES string of the molecule is CCOC(=O)[C@@H](C)N[P@@](=O)(OC[C@H]1O[C@@H](n2cnc3c(NC)nc(N)nc32)[C@](C)(F)[C@@H]1O)Oc1ccccc1. The maximum atomic E-state index is 15.9. The number of nitrogen functional groups attached to an aromatic ring is 1. The maximum absolute atomic E-state index is 15.9. The van der Waals surface area contributed by atoms with E-state index in [-0.39, 0.29) is 24.0 Å². The number of aliphatic hydroxyl groups is 1. The van der Waals surface area contributed by atoms with Gasteiger partial charge in [0.2, 0.25) is 5.95 Å². The van der Waals surface area contributed by atoms with Gasteiger partial charge in [0.1, 0.15) is 24.0 Å². The molecule has 1 saturated heterocycles. The number of nitrogens with one attached hydrogen (secondary N) is 2. The summed E-state index contributed by atoms with van der Waals surface area (Å²) in [6, 6.07) is 7.05. The Bertz CT molecular complexity index is 1360. The zero-order valence-corrected chi connectivity index (χ0v) is 22.7. The smallest absolute Gasteiger partial charge is 0.459 e. The second kappa shape index (κ2) is 11.4. The number of aliphatic hydroxyl groups excluding tert-OH is 1. The minimum absolute atomic E-state index is 0.0756. The zero-order chi connectivity index (χ0) is 28.4. The Morgan fingerprint density at radius 3 is 2.74 bits per heavy atom. The van der Waals surface area contributed by atoms with Crippen LogP contribution in [0.4, 0.5) is 16.2 Å². The molecule has 1 aliphatic rings. The minimum Gasteiger partial charge on any atom is -0.465 e. The highest BCUT2D eigenvalue weighted by molar-refractivity contribution is 7.52. The van der Waals surface area contributed by atoms with E-state index >= 15 is 4.39 Å². The molecular weight excluding hydrogens is 536 g/mol. The summed E-state index contributed by atoms with van der Waals surface area (Å²) in [6.45, 7) is 3.76. The predicted octanol–water partition coefficient (Wildman–Crippen LogP) is 2.18. The van der Waals surface area contributed by atoms with Crippen LogP contribution in [0.3, 0.4) is 0 Å². The van der Waals surface area contributed by atoms with Crippen molar-refractivity contribution in [1.29, 1.82) is 0 Å². The Kier molecular flexibility index (Phi) is 8.37. The molecular formula is C23H31FN7O7P. The highest BCUT2D eigenvalue weighted by Crippen LogP contribution is 2.48. The fraction of sp³-hybridized carbons (Fsp3) is 0.478. The molecule has 6 atom stereocenters. The van der Waals surface area contributed by atoms with Gasteiger partial charge in [-0.1, -0.05) is 18.2 Å². The molecule has 2 aromatic heterocycles. The van der Waals surface area contributed by atoms with Crippen LogP contribution in [-0.2, 0) is 23.4 Å². The van der Waals surface area contributed by atoms with Crippen LogP contribution in [-0.4, -0.2) is 74.8 Å². The Hall–Kier alpha value is -3.36. The lowest BCUT2D eigenvalue weighted by Crippen LogP contribution is -2.41. The number of fused-ring (bicyclic) bond motifs is 1. The summed E-state index contributed by atoms with van der Waals surface area (Å²) < 4.78 is 52.8. The molecule has 5 N–H and O–H groups in total. The number of carbonyl (C=O) groups excluding carboxylic acids is 1. The Morgan fingerprint density at radius 1 is 1.36 bits per heavy atom. The number of alkyl halides is 1. The van der Waals surface area contributed by atoms with Crippen molar-refractivity contribution in [3.63, 3.8) is 0 Å². The van der Waals surface area contributed by atoms with Gasteiger partial charge in [-0.25, -0.2) is 13.9 Å². The number of hydrogen-bond acceptors (Lipinski definition) is 12. The van der Waals surface area contributed by atoms with Crippen molar-refractivity contribution in [3.05, 3.63) is 36.7 Å². The van der Waals surface area contributed by atoms with Gasteiger partial charge in [-0.2, -0.15) is 15.1 Å². The number of nitrogens with two attached hydrogens (primary N) is 1. The molecule has 16 heteroatoms. The Labute approximate surface area is 223 Å². The van der Waals surface area contributed by atoms with E-state index in [1.54, 1.807) is 44.3 Å². The van der Waals surface area contributed by atoms with Crippen LogP contribution >= 0.6 is 7.75 Å². The van der Waals surface area contributed by atoms with Crippen LogP contribution in [0.1, 0.15) is 27.0 Å². The molecule has 0 unspecified atom stereocenters. The number of aromatic nitrogens is 4. The lowest BCUT2D eigenvalue weighted by Gasteiger charge is -2.25. The van der Waals surface area contributed by atoms with Gasteiger partial charge in [0.25, 0.3) is 0 Å². The third-order valence-electron chi connectivity index (χ3n) is 6.01. The number of imidazole rings is 1. The van der Waals surface area contributed by atoms with E-state index < -0.39 is 50.5 Å². The van der Waals surface area contributed by atoms with Gasteiger partial charge in [-0.3, -0.25) is 13.9 Å². The van der Waals surface area contributed by atoms with E-state index in [0.717, 1.165) is 6.92 Å². The number of halogens is 1. The average Bonchev–Trinajstić information content (AvgIpc) is 3.40. The molecule has 1 fully saturated rings. The molecule has 0 aliphatic carbocycles. The van der Waals surface area contributed by atoms with Crippen LogP contribution in [0.25, 0.3) is 11.2 Å². The number of esters is 1. The largest absolute Gasteiger partial charge is 0.465 e. The van der Waals surface area contributed by atoms with Crippen LogP contribution in [0.2, 0.25) is 0 Å². The molecule has 3 aromatic rings. The number of ether oxygens (including phenoxy) is 2. The summed E-state index contributed by atoms with van der Waals surface area (Å²) in [7, 11) is -2.64. The van der Waals surface area contributed by atoms with Gasteiger partial charge in [0.15, 0.2) is 28.9 Å². The summed E-state index contributed by atoms with van der Waals surface area (Å²) in [5.41, 5.74) is 3.94. The fourth-order valence-electron chi connectivity index (χ4n) is 4.07.